The standard InChI is InChI=1S/C23H24N8/c1-15-12-26-23(29-15)31-28-14-19-7-6-18(13-27-30-22-24-8-9-25-22)20-10-16-4-2-3-5-17(16)11-21(19)20/h2-7,10-11,13-15H,8-9,12H2,1H3,(H2,24,25,30)(H2,26,29,31)/b27-13+,28-14+. The van der Waals surface area contributed by atoms with Gasteiger partial charge in [0, 0.05) is 23.7 Å². The molecule has 156 valence electrons. The molecule has 3 aromatic rings. The van der Waals surface area contributed by atoms with Crippen molar-refractivity contribution in [3.8, 4) is 0 Å². The molecule has 1 unspecified atom stereocenters. The average Bonchev–Trinajstić information content (AvgIpc) is 3.45. The van der Waals surface area contributed by atoms with Crippen LogP contribution in [0.2, 0.25) is 0 Å². The van der Waals surface area contributed by atoms with E-state index in [1.165, 1.54) is 10.8 Å². The first-order valence-electron chi connectivity index (χ1n) is 10.4. The third-order valence-corrected chi connectivity index (χ3v) is 5.28. The van der Waals surface area contributed by atoms with Crippen molar-refractivity contribution in [1.82, 2.24) is 21.5 Å². The van der Waals surface area contributed by atoms with Gasteiger partial charge in [0.05, 0.1) is 25.5 Å². The molecule has 5 rings (SSSR count). The van der Waals surface area contributed by atoms with Gasteiger partial charge in [-0.2, -0.15) is 10.2 Å². The van der Waals surface area contributed by atoms with E-state index in [0.717, 1.165) is 41.5 Å². The van der Waals surface area contributed by atoms with Crippen molar-refractivity contribution < 1.29 is 0 Å². The second-order valence-corrected chi connectivity index (χ2v) is 7.62. The summed E-state index contributed by atoms with van der Waals surface area (Å²) in [4.78, 5) is 8.67. The number of aliphatic imine (C=N–C) groups is 2. The van der Waals surface area contributed by atoms with Crippen LogP contribution in [-0.2, 0) is 0 Å². The van der Waals surface area contributed by atoms with Gasteiger partial charge in [0.1, 0.15) is 0 Å². The summed E-state index contributed by atoms with van der Waals surface area (Å²) >= 11 is 0. The normalized spacial score (nSPS) is 18.4. The van der Waals surface area contributed by atoms with Gasteiger partial charge in [-0.3, -0.25) is 0 Å². The van der Waals surface area contributed by atoms with Gasteiger partial charge < -0.3 is 10.6 Å². The lowest BCUT2D eigenvalue weighted by atomic mass is 9.96. The Bertz CT molecular complexity index is 1240. The van der Waals surface area contributed by atoms with Crippen LogP contribution in [0.1, 0.15) is 18.1 Å². The van der Waals surface area contributed by atoms with Gasteiger partial charge in [0.25, 0.3) is 0 Å². The van der Waals surface area contributed by atoms with Crippen LogP contribution in [-0.4, -0.2) is 50.0 Å². The number of fused-ring (bicyclic) bond motifs is 2. The Morgan fingerprint density at radius 3 is 2.10 bits per heavy atom. The van der Waals surface area contributed by atoms with Crippen LogP contribution in [0, 0.1) is 0 Å². The van der Waals surface area contributed by atoms with Crippen molar-refractivity contribution in [2.24, 2.45) is 20.2 Å². The van der Waals surface area contributed by atoms with Crippen molar-refractivity contribution in [1.29, 1.82) is 0 Å². The molecule has 0 aliphatic carbocycles. The molecule has 1 atom stereocenters. The molecule has 2 aliphatic rings. The average molecular weight is 413 g/mol. The summed E-state index contributed by atoms with van der Waals surface area (Å²) in [6.07, 6.45) is 3.66. The fraction of sp³-hybridized carbons (Fsp3) is 0.217. The van der Waals surface area contributed by atoms with E-state index in [-0.39, 0.29) is 0 Å². The fourth-order valence-corrected chi connectivity index (χ4v) is 3.72. The van der Waals surface area contributed by atoms with E-state index in [2.05, 4.69) is 97.1 Å². The second-order valence-electron chi connectivity index (χ2n) is 7.62. The van der Waals surface area contributed by atoms with Gasteiger partial charge in [-0.05, 0) is 40.6 Å². The minimum Gasteiger partial charge on any atom is -0.353 e. The summed E-state index contributed by atoms with van der Waals surface area (Å²) in [5.41, 5.74) is 8.00. The van der Waals surface area contributed by atoms with Crippen LogP contribution in [0.3, 0.4) is 0 Å². The lowest BCUT2D eigenvalue weighted by molar-refractivity contribution is 0.717. The molecule has 2 heterocycles. The minimum absolute atomic E-state index is 0.336. The molecule has 0 aromatic heterocycles. The van der Waals surface area contributed by atoms with Gasteiger partial charge in [-0.1, -0.05) is 36.4 Å². The molecule has 2 aliphatic heterocycles. The molecule has 0 saturated carbocycles. The second kappa shape index (κ2) is 8.43. The maximum Gasteiger partial charge on any atom is 0.212 e. The highest BCUT2D eigenvalue weighted by molar-refractivity contribution is 6.12. The van der Waals surface area contributed by atoms with Gasteiger partial charge in [0.15, 0.2) is 0 Å². The zero-order valence-electron chi connectivity index (χ0n) is 17.3. The highest BCUT2D eigenvalue weighted by atomic mass is 15.4. The Morgan fingerprint density at radius 2 is 1.55 bits per heavy atom. The number of hydrogen-bond acceptors (Lipinski definition) is 8. The minimum atomic E-state index is 0.336. The number of hydrogen-bond donors (Lipinski definition) is 4. The summed E-state index contributed by atoms with van der Waals surface area (Å²) in [6, 6.07) is 17.2. The van der Waals surface area contributed by atoms with E-state index in [1.807, 2.05) is 12.4 Å². The van der Waals surface area contributed by atoms with Crippen LogP contribution < -0.4 is 21.5 Å². The monoisotopic (exact) mass is 412 g/mol. The Labute approximate surface area is 180 Å². The molecule has 0 fully saturated rings. The van der Waals surface area contributed by atoms with Gasteiger partial charge in [-0.15, -0.1) is 0 Å². The van der Waals surface area contributed by atoms with Crippen LogP contribution in [0.25, 0.3) is 21.5 Å². The molecule has 3 aromatic carbocycles. The predicted octanol–water partition coefficient (Wildman–Crippen LogP) is 2.15. The Balaban J connectivity index is 1.48. The molecule has 0 radical (unpaired) electrons. The molecule has 4 N–H and O–H groups in total. The van der Waals surface area contributed by atoms with Crippen molar-refractivity contribution in [2.45, 2.75) is 13.0 Å². The van der Waals surface area contributed by atoms with E-state index in [4.69, 9.17) is 0 Å². The van der Waals surface area contributed by atoms with Crippen LogP contribution in [0.4, 0.5) is 0 Å². The third kappa shape index (κ3) is 4.18. The first-order chi connectivity index (χ1) is 15.3. The summed E-state index contributed by atoms with van der Waals surface area (Å²) in [7, 11) is 0. The number of nitrogens with one attached hydrogen (secondary N) is 4. The molecule has 8 nitrogen and oxygen atoms in total. The van der Waals surface area contributed by atoms with Crippen molar-refractivity contribution in [3.63, 3.8) is 0 Å². The van der Waals surface area contributed by atoms with Crippen LogP contribution >= 0.6 is 0 Å². The zero-order chi connectivity index (χ0) is 21.0. The first kappa shape index (κ1) is 19.0. The molecule has 0 saturated heterocycles. The largest absolute Gasteiger partial charge is 0.353 e. The van der Waals surface area contributed by atoms with Crippen LogP contribution in [0.5, 0.6) is 0 Å². The Hall–Kier alpha value is -3.94. The maximum absolute atomic E-state index is 4.39. The highest BCUT2D eigenvalue weighted by Crippen LogP contribution is 2.27. The van der Waals surface area contributed by atoms with Gasteiger partial charge in [-0.25, -0.2) is 20.8 Å². The summed E-state index contributed by atoms with van der Waals surface area (Å²) < 4.78 is 0. The van der Waals surface area contributed by atoms with Gasteiger partial charge >= 0.3 is 0 Å². The lowest BCUT2D eigenvalue weighted by Gasteiger charge is -2.09. The van der Waals surface area contributed by atoms with Crippen molar-refractivity contribution in [2.75, 3.05) is 19.6 Å². The third-order valence-electron chi connectivity index (χ3n) is 5.28. The Morgan fingerprint density at radius 1 is 0.903 bits per heavy atom. The molecule has 31 heavy (non-hydrogen) atoms. The number of hydrazone groups is 2. The SMILES string of the molecule is CC1CN=C(N/N=C/c2ccc(/C=N/NC3=NCCN3)c3cc4ccccc4cc23)N1. The van der Waals surface area contributed by atoms with E-state index in [9.17, 15) is 0 Å². The summed E-state index contributed by atoms with van der Waals surface area (Å²) in [6.45, 7) is 4.47. The molecule has 8 heteroatoms. The van der Waals surface area contributed by atoms with Crippen molar-refractivity contribution in [3.05, 3.63) is 59.7 Å². The van der Waals surface area contributed by atoms with E-state index >= 15 is 0 Å². The van der Waals surface area contributed by atoms with E-state index in [1.54, 1.807) is 0 Å². The Kier molecular flexibility index (Phi) is 5.18. The molecule has 0 amide bonds. The first-order valence-corrected chi connectivity index (χ1v) is 10.4. The smallest absolute Gasteiger partial charge is 0.212 e. The quantitative estimate of drug-likeness (QED) is 0.300. The van der Waals surface area contributed by atoms with Gasteiger partial charge in [0.2, 0.25) is 11.9 Å². The molecule has 0 spiro atoms. The number of nitrogens with zero attached hydrogens (tertiary/aromatic N) is 4. The number of guanidine groups is 2. The topological polar surface area (TPSA) is 97.6 Å². The maximum atomic E-state index is 4.39. The number of benzene rings is 3. The molecular weight excluding hydrogens is 388 g/mol. The molecular formula is C23H24N8. The molecule has 0 bridgehead atoms. The van der Waals surface area contributed by atoms with Crippen molar-refractivity contribution >= 4 is 45.9 Å². The number of rotatable bonds is 4. The van der Waals surface area contributed by atoms with E-state index in [0.29, 0.717) is 18.0 Å². The van der Waals surface area contributed by atoms with E-state index < -0.39 is 0 Å². The summed E-state index contributed by atoms with van der Waals surface area (Å²) in [5.74, 6) is 1.41. The summed E-state index contributed by atoms with van der Waals surface area (Å²) in [5, 5.41) is 19.7. The highest BCUT2D eigenvalue weighted by Gasteiger charge is 2.11. The van der Waals surface area contributed by atoms with Crippen LogP contribution in [0.15, 0.2) is 68.7 Å². The lowest BCUT2D eigenvalue weighted by Crippen LogP contribution is -2.34. The zero-order valence-corrected chi connectivity index (χ0v) is 17.3. The predicted molar refractivity (Wildman–Crippen MR) is 128 cm³/mol. The fourth-order valence-electron chi connectivity index (χ4n) is 3.72.